The molecule has 5 nitrogen and oxygen atoms in total. The van der Waals surface area contributed by atoms with Crippen LogP contribution in [0.25, 0.3) is 0 Å². The maximum atomic E-state index is 11.6. The highest BCUT2D eigenvalue weighted by atomic mass is 32.1. The molecule has 0 aromatic carbocycles. The molecule has 0 saturated carbocycles. The van der Waals surface area contributed by atoms with Crippen LogP contribution in [0.15, 0.2) is 17.5 Å². The maximum absolute atomic E-state index is 11.6. The number of carbonyl (C=O) groups excluding carboxylic acids is 2. The third-order valence-electron chi connectivity index (χ3n) is 2.62. The van der Waals surface area contributed by atoms with Gasteiger partial charge >= 0.3 is 0 Å². The summed E-state index contributed by atoms with van der Waals surface area (Å²) in [6.07, 6.45) is 2.29. The normalized spacial score (nSPS) is 11.9. The highest BCUT2D eigenvalue weighted by molar-refractivity contribution is 7.12. The fourth-order valence-corrected chi connectivity index (χ4v) is 2.21. The van der Waals surface area contributed by atoms with Crippen molar-refractivity contribution in [1.82, 2.24) is 10.6 Å². The van der Waals surface area contributed by atoms with Gasteiger partial charge in [-0.25, -0.2) is 0 Å². The van der Waals surface area contributed by atoms with E-state index in [1.807, 2.05) is 18.4 Å². The number of rotatable bonds is 8. The van der Waals surface area contributed by atoms with Crippen molar-refractivity contribution in [2.45, 2.75) is 32.2 Å². The number of thiophene rings is 1. The fraction of sp³-hybridized carbons (Fsp3) is 0.538. The summed E-state index contributed by atoms with van der Waals surface area (Å²) in [6.45, 7) is 3.06. The molecule has 6 heteroatoms. The molecule has 1 aromatic heterocycles. The average molecular weight is 283 g/mol. The predicted molar refractivity (Wildman–Crippen MR) is 77.2 cm³/mol. The average Bonchev–Trinajstić information content (AvgIpc) is 2.92. The summed E-state index contributed by atoms with van der Waals surface area (Å²) in [5, 5.41) is 7.43. The number of carbonyl (C=O) groups is 2. The summed E-state index contributed by atoms with van der Waals surface area (Å²) in [6, 6.07) is 3.20. The monoisotopic (exact) mass is 283 g/mol. The van der Waals surface area contributed by atoms with Crippen LogP contribution in [0, 0.1) is 0 Å². The lowest BCUT2D eigenvalue weighted by molar-refractivity contribution is -0.122. The summed E-state index contributed by atoms with van der Waals surface area (Å²) in [4.78, 5) is 23.8. The molecule has 0 aliphatic heterocycles. The Hall–Kier alpha value is -1.40. The van der Waals surface area contributed by atoms with E-state index in [-0.39, 0.29) is 11.8 Å². The van der Waals surface area contributed by atoms with Crippen LogP contribution in [0.1, 0.15) is 35.9 Å². The second-order valence-corrected chi connectivity index (χ2v) is 5.22. The second-order valence-electron chi connectivity index (χ2n) is 4.27. The van der Waals surface area contributed by atoms with E-state index in [0.717, 1.165) is 6.42 Å². The summed E-state index contributed by atoms with van der Waals surface area (Å²) in [5.41, 5.74) is 5.67. The standard InChI is InChI=1S/C13H21N3O2S/c1-2-5-10(14)12(17)15-7-4-8-16-13(18)11-6-3-9-19-11/h3,6,9-10H,2,4-5,7-8,14H2,1H3,(H,15,17)(H,16,18). The molecule has 0 radical (unpaired) electrons. The maximum Gasteiger partial charge on any atom is 0.261 e. The molecule has 0 saturated heterocycles. The van der Waals surface area contributed by atoms with Crippen molar-refractivity contribution in [3.63, 3.8) is 0 Å². The lowest BCUT2D eigenvalue weighted by Crippen LogP contribution is -2.41. The van der Waals surface area contributed by atoms with Gasteiger partial charge in [0.05, 0.1) is 10.9 Å². The molecule has 4 N–H and O–H groups in total. The lowest BCUT2D eigenvalue weighted by Gasteiger charge is -2.11. The van der Waals surface area contributed by atoms with Crippen LogP contribution >= 0.6 is 11.3 Å². The third-order valence-corrected chi connectivity index (χ3v) is 3.49. The molecule has 0 aliphatic rings. The van der Waals surface area contributed by atoms with Gasteiger partial charge in [-0.2, -0.15) is 0 Å². The number of hydrogen-bond donors (Lipinski definition) is 3. The minimum absolute atomic E-state index is 0.0657. The summed E-state index contributed by atoms with van der Waals surface area (Å²) < 4.78 is 0. The minimum Gasteiger partial charge on any atom is -0.355 e. The molecule has 2 amide bonds. The Bertz CT molecular complexity index is 393. The van der Waals surface area contributed by atoms with Crippen molar-refractivity contribution in [3.8, 4) is 0 Å². The van der Waals surface area contributed by atoms with Gasteiger partial charge in [0.25, 0.3) is 5.91 Å². The van der Waals surface area contributed by atoms with E-state index >= 15 is 0 Å². The van der Waals surface area contributed by atoms with Gasteiger partial charge in [-0.05, 0) is 24.3 Å². The molecule has 1 aromatic rings. The number of hydrogen-bond acceptors (Lipinski definition) is 4. The van der Waals surface area contributed by atoms with E-state index in [1.165, 1.54) is 11.3 Å². The molecular weight excluding hydrogens is 262 g/mol. The molecule has 1 heterocycles. The first-order valence-corrected chi connectivity index (χ1v) is 7.38. The van der Waals surface area contributed by atoms with Crippen LogP contribution in [0.5, 0.6) is 0 Å². The molecule has 19 heavy (non-hydrogen) atoms. The molecule has 0 aliphatic carbocycles. The molecule has 1 unspecified atom stereocenters. The SMILES string of the molecule is CCCC(N)C(=O)NCCCNC(=O)c1cccs1. The number of nitrogens with one attached hydrogen (secondary N) is 2. The zero-order chi connectivity index (χ0) is 14.1. The zero-order valence-corrected chi connectivity index (χ0v) is 12.0. The topological polar surface area (TPSA) is 84.2 Å². The van der Waals surface area contributed by atoms with E-state index < -0.39 is 6.04 Å². The Morgan fingerprint density at radius 2 is 2.11 bits per heavy atom. The van der Waals surface area contributed by atoms with Crippen molar-refractivity contribution >= 4 is 23.2 Å². The minimum atomic E-state index is -0.425. The van der Waals surface area contributed by atoms with Gasteiger partial charge < -0.3 is 16.4 Å². The van der Waals surface area contributed by atoms with Crippen molar-refractivity contribution in [2.24, 2.45) is 5.73 Å². The first kappa shape index (κ1) is 15.7. The number of nitrogens with two attached hydrogens (primary N) is 1. The first-order valence-electron chi connectivity index (χ1n) is 6.50. The quantitative estimate of drug-likeness (QED) is 0.625. The highest BCUT2D eigenvalue weighted by Gasteiger charge is 2.11. The Kier molecular flexibility index (Phi) is 7.14. The van der Waals surface area contributed by atoms with Crippen molar-refractivity contribution in [3.05, 3.63) is 22.4 Å². The van der Waals surface area contributed by atoms with Crippen LogP contribution in [-0.4, -0.2) is 30.9 Å². The zero-order valence-electron chi connectivity index (χ0n) is 11.1. The Morgan fingerprint density at radius 3 is 2.74 bits per heavy atom. The molecule has 1 atom stereocenters. The largest absolute Gasteiger partial charge is 0.355 e. The Labute approximate surface area is 117 Å². The van der Waals surface area contributed by atoms with Crippen molar-refractivity contribution < 1.29 is 9.59 Å². The van der Waals surface area contributed by atoms with E-state index in [2.05, 4.69) is 10.6 Å². The van der Waals surface area contributed by atoms with E-state index in [9.17, 15) is 9.59 Å². The van der Waals surface area contributed by atoms with Crippen LogP contribution in [0.2, 0.25) is 0 Å². The van der Waals surface area contributed by atoms with Gasteiger partial charge in [-0.3, -0.25) is 9.59 Å². The first-order chi connectivity index (χ1) is 9.15. The molecule has 0 spiro atoms. The molecule has 0 bridgehead atoms. The Morgan fingerprint density at radius 1 is 1.37 bits per heavy atom. The van der Waals surface area contributed by atoms with E-state index in [4.69, 9.17) is 5.73 Å². The summed E-state index contributed by atoms with van der Waals surface area (Å²) in [7, 11) is 0. The van der Waals surface area contributed by atoms with Crippen LogP contribution in [0.4, 0.5) is 0 Å². The fourth-order valence-electron chi connectivity index (χ4n) is 1.57. The Balaban J connectivity index is 2.08. The van der Waals surface area contributed by atoms with Gasteiger partial charge in [0.2, 0.25) is 5.91 Å². The van der Waals surface area contributed by atoms with E-state index in [0.29, 0.717) is 30.8 Å². The molecule has 106 valence electrons. The molecular formula is C13H21N3O2S. The van der Waals surface area contributed by atoms with Crippen molar-refractivity contribution in [1.29, 1.82) is 0 Å². The highest BCUT2D eigenvalue weighted by Crippen LogP contribution is 2.07. The number of amides is 2. The molecule has 1 rings (SSSR count). The van der Waals surface area contributed by atoms with Gasteiger partial charge in [-0.15, -0.1) is 11.3 Å². The van der Waals surface area contributed by atoms with Gasteiger partial charge in [-0.1, -0.05) is 19.4 Å². The van der Waals surface area contributed by atoms with Gasteiger partial charge in [0.15, 0.2) is 0 Å². The van der Waals surface area contributed by atoms with Gasteiger partial charge in [0.1, 0.15) is 0 Å². The van der Waals surface area contributed by atoms with E-state index in [1.54, 1.807) is 6.07 Å². The lowest BCUT2D eigenvalue weighted by atomic mass is 10.2. The smallest absolute Gasteiger partial charge is 0.261 e. The predicted octanol–water partition coefficient (Wildman–Crippen LogP) is 1.11. The summed E-state index contributed by atoms with van der Waals surface area (Å²) in [5.74, 6) is -0.185. The van der Waals surface area contributed by atoms with Crippen molar-refractivity contribution in [2.75, 3.05) is 13.1 Å². The van der Waals surface area contributed by atoms with Crippen LogP contribution in [-0.2, 0) is 4.79 Å². The second kappa shape index (κ2) is 8.66. The van der Waals surface area contributed by atoms with Crippen LogP contribution in [0.3, 0.4) is 0 Å². The third kappa shape index (κ3) is 5.85. The molecule has 0 fully saturated rings. The van der Waals surface area contributed by atoms with Gasteiger partial charge in [0, 0.05) is 13.1 Å². The summed E-state index contributed by atoms with van der Waals surface area (Å²) >= 11 is 1.41. The van der Waals surface area contributed by atoms with Crippen LogP contribution < -0.4 is 16.4 Å².